The van der Waals surface area contributed by atoms with E-state index < -0.39 is 0 Å². The molecule has 0 bridgehead atoms. The number of rotatable bonds is 7. The van der Waals surface area contributed by atoms with Crippen LogP contribution < -0.4 is 15.0 Å². The number of nitrogens with zero attached hydrogens (tertiary/aromatic N) is 6. The van der Waals surface area contributed by atoms with Gasteiger partial charge in [-0.2, -0.15) is 0 Å². The van der Waals surface area contributed by atoms with Gasteiger partial charge >= 0.3 is 0 Å². The molecule has 218 valence electrons. The van der Waals surface area contributed by atoms with Crippen LogP contribution in [0.3, 0.4) is 0 Å². The van der Waals surface area contributed by atoms with Crippen LogP contribution >= 0.6 is 0 Å². The predicted octanol–water partition coefficient (Wildman–Crippen LogP) is 4.54. The third-order valence-electron chi connectivity index (χ3n) is 8.23. The zero-order chi connectivity index (χ0) is 29.4. The minimum atomic E-state index is 0.0829. The minimum Gasteiger partial charge on any atom is -0.496 e. The second-order valence-corrected chi connectivity index (χ2v) is 10.8. The molecule has 0 saturated carbocycles. The first-order chi connectivity index (χ1) is 20.4. The summed E-state index contributed by atoms with van der Waals surface area (Å²) in [5.74, 6) is 2.15. The molecule has 6 heterocycles. The lowest BCUT2D eigenvalue weighted by atomic mass is 10.1. The summed E-state index contributed by atoms with van der Waals surface area (Å²) in [7, 11) is 1.62. The van der Waals surface area contributed by atoms with Gasteiger partial charge in [-0.1, -0.05) is 0 Å². The Labute approximate surface area is 245 Å². The lowest BCUT2D eigenvalue weighted by molar-refractivity contribution is 0.0791. The summed E-state index contributed by atoms with van der Waals surface area (Å²) in [6, 6.07) is 3.69. The third kappa shape index (κ3) is 4.83. The summed E-state index contributed by atoms with van der Waals surface area (Å²) in [4.78, 5) is 32.0. The Morgan fingerprint density at radius 1 is 1.12 bits per heavy atom. The van der Waals surface area contributed by atoms with Crippen molar-refractivity contribution in [2.75, 3.05) is 56.7 Å². The number of amides is 1. The fourth-order valence-corrected chi connectivity index (χ4v) is 6.06. The molecule has 11 nitrogen and oxygen atoms in total. The number of carbonyl (C=O) groups excluding carboxylic acids is 1. The number of aryl methyl sites for hydroxylation is 3. The highest BCUT2D eigenvalue weighted by Crippen LogP contribution is 2.35. The van der Waals surface area contributed by atoms with E-state index >= 15 is 0 Å². The van der Waals surface area contributed by atoms with Crippen molar-refractivity contribution in [1.29, 1.82) is 5.41 Å². The van der Waals surface area contributed by atoms with Gasteiger partial charge in [0.15, 0.2) is 5.82 Å². The van der Waals surface area contributed by atoms with E-state index in [0.29, 0.717) is 60.5 Å². The topological polar surface area (TPSA) is 121 Å². The van der Waals surface area contributed by atoms with E-state index in [0.717, 1.165) is 59.7 Å². The normalized spacial score (nSPS) is 15.3. The summed E-state index contributed by atoms with van der Waals surface area (Å²) < 4.78 is 13.3. The molecule has 0 aromatic carbocycles. The molecule has 0 atom stereocenters. The Morgan fingerprint density at radius 2 is 1.88 bits per heavy atom. The zero-order valence-corrected chi connectivity index (χ0v) is 24.5. The standard InChI is InChI=1S/C31H36N8O3/c1-19-28(31(40)38-9-5-6-10-38)21(3)39-18-27(36-30(29(19)39)37-11-13-42-14-12-37)35-24-15-25(34-20(2)22(24)16-32)23-17-33-8-7-26(23)41-4/h7-8,15-18,32H,5-6,9-14H2,1-4H3,(H,34,35). The van der Waals surface area contributed by atoms with E-state index in [-0.39, 0.29) is 5.91 Å². The summed E-state index contributed by atoms with van der Waals surface area (Å²) in [5, 5.41) is 11.6. The lowest BCUT2D eigenvalue weighted by Gasteiger charge is -2.29. The number of hydrogen-bond donors (Lipinski definition) is 2. The fourth-order valence-electron chi connectivity index (χ4n) is 6.06. The first kappa shape index (κ1) is 27.6. The van der Waals surface area contributed by atoms with Gasteiger partial charge in [-0.15, -0.1) is 0 Å². The first-order valence-electron chi connectivity index (χ1n) is 14.3. The Kier molecular flexibility index (Phi) is 7.51. The van der Waals surface area contributed by atoms with E-state index in [2.05, 4.69) is 19.6 Å². The van der Waals surface area contributed by atoms with E-state index in [1.165, 1.54) is 6.21 Å². The van der Waals surface area contributed by atoms with E-state index in [1.54, 1.807) is 25.6 Å². The van der Waals surface area contributed by atoms with Crippen molar-refractivity contribution >= 4 is 35.0 Å². The van der Waals surface area contributed by atoms with Gasteiger partial charge in [-0.05, 0) is 51.3 Å². The first-order valence-corrected chi connectivity index (χ1v) is 14.3. The molecule has 2 N–H and O–H groups in total. The molecule has 0 radical (unpaired) electrons. The number of pyridine rings is 2. The molecule has 4 aromatic heterocycles. The highest BCUT2D eigenvalue weighted by atomic mass is 16.5. The van der Waals surface area contributed by atoms with Gasteiger partial charge in [-0.3, -0.25) is 14.8 Å². The van der Waals surface area contributed by atoms with Crippen molar-refractivity contribution in [2.45, 2.75) is 33.6 Å². The van der Waals surface area contributed by atoms with Crippen LogP contribution in [0.25, 0.3) is 16.8 Å². The smallest absolute Gasteiger partial charge is 0.255 e. The van der Waals surface area contributed by atoms with Crippen LogP contribution in [-0.4, -0.2) is 82.9 Å². The largest absolute Gasteiger partial charge is 0.496 e. The molecule has 2 aliphatic heterocycles. The van der Waals surface area contributed by atoms with Gasteiger partial charge in [-0.25, -0.2) is 4.98 Å². The average Bonchev–Trinajstić information content (AvgIpc) is 3.64. The SMILES string of the molecule is COc1ccncc1-c1cc(Nc2cn3c(C)c(C(=O)N4CCCC4)c(C)c3c(N3CCOCC3)n2)c(C=N)c(C)n1. The van der Waals surface area contributed by atoms with Crippen LogP contribution in [-0.2, 0) is 4.74 Å². The Hall–Kier alpha value is -4.51. The molecule has 42 heavy (non-hydrogen) atoms. The summed E-state index contributed by atoms with van der Waals surface area (Å²) in [6.07, 6.45) is 8.72. The number of anilines is 3. The fraction of sp³-hybridized carbons (Fsp3) is 0.387. The van der Waals surface area contributed by atoms with Crippen LogP contribution in [0.2, 0.25) is 0 Å². The lowest BCUT2D eigenvalue weighted by Crippen LogP contribution is -2.37. The van der Waals surface area contributed by atoms with Crippen LogP contribution in [0, 0.1) is 26.2 Å². The number of ether oxygens (including phenoxy) is 2. The van der Waals surface area contributed by atoms with Crippen molar-refractivity contribution in [1.82, 2.24) is 24.3 Å². The molecular formula is C31H36N8O3. The van der Waals surface area contributed by atoms with Crippen LogP contribution in [0.4, 0.5) is 17.3 Å². The maximum absolute atomic E-state index is 13.7. The summed E-state index contributed by atoms with van der Waals surface area (Å²) in [6.45, 7) is 10.1. The maximum atomic E-state index is 13.7. The molecule has 2 saturated heterocycles. The molecule has 2 aliphatic rings. The number of fused-ring (bicyclic) bond motifs is 1. The zero-order valence-electron chi connectivity index (χ0n) is 24.5. The van der Waals surface area contributed by atoms with Crippen molar-refractivity contribution in [3.05, 3.63) is 58.8 Å². The molecule has 0 aliphatic carbocycles. The second-order valence-electron chi connectivity index (χ2n) is 10.8. The number of likely N-dealkylation sites (tertiary alicyclic amines) is 1. The molecule has 4 aromatic rings. The van der Waals surface area contributed by atoms with E-state index in [1.807, 2.05) is 37.9 Å². The highest BCUT2D eigenvalue weighted by Gasteiger charge is 2.29. The highest BCUT2D eigenvalue weighted by molar-refractivity contribution is 6.01. The number of hydrogen-bond acceptors (Lipinski definition) is 9. The quantitative estimate of drug-likeness (QED) is 0.312. The number of nitrogens with one attached hydrogen (secondary N) is 2. The summed E-state index contributed by atoms with van der Waals surface area (Å²) >= 11 is 0. The van der Waals surface area contributed by atoms with E-state index in [4.69, 9.17) is 24.9 Å². The number of morpholine rings is 1. The van der Waals surface area contributed by atoms with Gasteiger partial charge in [0.1, 0.15) is 11.6 Å². The summed E-state index contributed by atoms with van der Waals surface area (Å²) in [5.41, 5.74) is 6.96. The minimum absolute atomic E-state index is 0.0829. The van der Waals surface area contributed by atoms with Gasteiger partial charge in [0.2, 0.25) is 0 Å². The van der Waals surface area contributed by atoms with Gasteiger partial charge in [0.05, 0.1) is 54.5 Å². The molecular weight excluding hydrogens is 532 g/mol. The van der Waals surface area contributed by atoms with Crippen LogP contribution in [0.5, 0.6) is 5.75 Å². The van der Waals surface area contributed by atoms with Gasteiger partial charge in [0.25, 0.3) is 5.91 Å². The number of aromatic nitrogens is 4. The number of carbonyl (C=O) groups is 1. The molecule has 11 heteroatoms. The molecule has 6 rings (SSSR count). The number of methoxy groups -OCH3 is 1. The molecule has 0 unspecified atom stereocenters. The monoisotopic (exact) mass is 568 g/mol. The predicted molar refractivity (Wildman–Crippen MR) is 163 cm³/mol. The Morgan fingerprint density at radius 3 is 2.60 bits per heavy atom. The Bertz CT molecular complexity index is 1670. The van der Waals surface area contributed by atoms with E-state index in [9.17, 15) is 4.79 Å². The van der Waals surface area contributed by atoms with Gasteiger partial charge in [0, 0.05) is 61.7 Å². The molecule has 0 spiro atoms. The van der Waals surface area contributed by atoms with Crippen LogP contribution in [0.15, 0.2) is 30.7 Å². The van der Waals surface area contributed by atoms with Crippen molar-refractivity contribution in [2.24, 2.45) is 0 Å². The van der Waals surface area contributed by atoms with Crippen LogP contribution in [0.1, 0.15) is 45.7 Å². The average molecular weight is 569 g/mol. The Balaban J connectivity index is 1.50. The van der Waals surface area contributed by atoms with Crippen molar-refractivity contribution in [3.8, 4) is 17.0 Å². The van der Waals surface area contributed by atoms with Crippen molar-refractivity contribution in [3.63, 3.8) is 0 Å². The molecule has 1 amide bonds. The van der Waals surface area contributed by atoms with Crippen molar-refractivity contribution < 1.29 is 14.3 Å². The molecule has 2 fully saturated rings. The third-order valence-corrected chi connectivity index (χ3v) is 8.23. The van der Waals surface area contributed by atoms with Gasteiger partial charge < -0.3 is 34.4 Å². The second kappa shape index (κ2) is 11.4. The maximum Gasteiger partial charge on any atom is 0.255 e.